The fourth-order valence-corrected chi connectivity index (χ4v) is 2.69. The van der Waals surface area contributed by atoms with E-state index in [1.54, 1.807) is 12.4 Å². The second kappa shape index (κ2) is 7.63. The van der Waals surface area contributed by atoms with E-state index in [-0.39, 0.29) is 6.04 Å². The molecule has 1 fully saturated rings. The topological polar surface area (TPSA) is 87.6 Å². The molecule has 0 spiro atoms. The highest BCUT2D eigenvalue weighted by atomic mass is 16.5. The molecule has 0 unspecified atom stereocenters. The summed E-state index contributed by atoms with van der Waals surface area (Å²) < 4.78 is 5.68. The highest BCUT2D eigenvalue weighted by Crippen LogP contribution is 2.18. The van der Waals surface area contributed by atoms with Gasteiger partial charge >= 0.3 is 6.09 Å². The molecule has 24 heavy (non-hydrogen) atoms. The lowest BCUT2D eigenvalue weighted by Crippen LogP contribution is -2.44. The molecule has 2 aromatic rings. The summed E-state index contributed by atoms with van der Waals surface area (Å²) in [6.07, 6.45) is 3.88. The van der Waals surface area contributed by atoms with E-state index in [0.717, 1.165) is 31.5 Å². The Balaban J connectivity index is 1.51. The van der Waals surface area contributed by atoms with Crippen LogP contribution in [0.15, 0.2) is 42.7 Å². The Morgan fingerprint density at radius 1 is 1.21 bits per heavy atom. The van der Waals surface area contributed by atoms with Crippen molar-refractivity contribution in [2.45, 2.75) is 25.5 Å². The summed E-state index contributed by atoms with van der Waals surface area (Å²) in [5.41, 5.74) is 1.09. The lowest BCUT2D eigenvalue weighted by atomic mass is 10.1. The molecule has 3 rings (SSSR count). The van der Waals surface area contributed by atoms with Gasteiger partial charge in [-0.1, -0.05) is 30.3 Å². The van der Waals surface area contributed by atoms with E-state index in [2.05, 4.69) is 20.2 Å². The minimum absolute atomic E-state index is 0.00669. The van der Waals surface area contributed by atoms with Crippen molar-refractivity contribution in [3.63, 3.8) is 0 Å². The normalized spacial score (nSPS) is 15.1. The molecule has 7 nitrogen and oxygen atoms in total. The van der Waals surface area contributed by atoms with Gasteiger partial charge in [-0.2, -0.15) is 0 Å². The third kappa shape index (κ3) is 4.34. The maximum absolute atomic E-state index is 10.7. The maximum atomic E-state index is 10.7. The number of carbonyl (C=O) groups is 1. The lowest BCUT2D eigenvalue weighted by molar-refractivity contribution is 0.187. The summed E-state index contributed by atoms with van der Waals surface area (Å²) in [6, 6.07) is 9.93. The van der Waals surface area contributed by atoms with Gasteiger partial charge in [-0.15, -0.1) is 0 Å². The zero-order chi connectivity index (χ0) is 16.8. The van der Waals surface area contributed by atoms with Crippen molar-refractivity contribution in [2.75, 3.05) is 18.0 Å². The van der Waals surface area contributed by atoms with Crippen molar-refractivity contribution in [1.82, 2.24) is 15.3 Å². The highest BCUT2D eigenvalue weighted by Gasteiger charge is 2.21. The first-order valence-electron chi connectivity index (χ1n) is 7.94. The molecule has 1 aromatic carbocycles. The summed E-state index contributed by atoms with van der Waals surface area (Å²) in [5, 5.41) is 11.3. The minimum atomic E-state index is -0.968. The minimum Gasteiger partial charge on any atom is -0.486 e. The molecule has 2 N–H and O–H groups in total. The second-order valence-corrected chi connectivity index (χ2v) is 5.70. The predicted octanol–water partition coefficient (Wildman–Crippen LogP) is 2.29. The molecule has 1 aromatic heterocycles. The number of rotatable bonds is 5. The van der Waals surface area contributed by atoms with Gasteiger partial charge in [-0.05, 0) is 18.4 Å². The number of carboxylic acid groups (broad SMARTS) is 1. The van der Waals surface area contributed by atoms with Gasteiger partial charge in [-0.25, -0.2) is 14.8 Å². The lowest BCUT2D eigenvalue weighted by Gasteiger charge is -2.31. The fraction of sp³-hybridized carbons (Fsp3) is 0.353. The summed E-state index contributed by atoms with van der Waals surface area (Å²) in [5.74, 6) is 1.28. The first-order chi connectivity index (χ1) is 11.7. The Morgan fingerprint density at radius 2 is 1.88 bits per heavy atom. The number of anilines is 1. The van der Waals surface area contributed by atoms with E-state index in [4.69, 9.17) is 9.84 Å². The van der Waals surface area contributed by atoms with Gasteiger partial charge in [0.1, 0.15) is 6.61 Å². The van der Waals surface area contributed by atoms with Crippen LogP contribution in [-0.2, 0) is 6.61 Å². The van der Waals surface area contributed by atoms with Gasteiger partial charge in [0.25, 0.3) is 0 Å². The number of nitrogens with zero attached hydrogens (tertiary/aromatic N) is 3. The number of ether oxygens (including phenoxy) is 1. The Bertz CT molecular complexity index is 655. The fourth-order valence-electron chi connectivity index (χ4n) is 2.69. The van der Waals surface area contributed by atoms with E-state index in [1.807, 2.05) is 30.3 Å². The molecule has 0 bridgehead atoms. The van der Waals surface area contributed by atoms with E-state index < -0.39 is 6.09 Å². The number of hydrogen-bond donors (Lipinski definition) is 2. The number of nitrogens with one attached hydrogen (secondary N) is 1. The molecule has 2 heterocycles. The largest absolute Gasteiger partial charge is 0.486 e. The number of piperidine rings is 1. The van der Waals surface area contributed by atoms with Crippen LogP contribution < -0.4 is 15.0 Å². The Morgan fingerprint density at radius 3 is 2.50 bits per heavy atom. The monoisotopic (exact) mass is 328 g/mol. The summed E-state index contributed by atoms with van der Waals surface area (Å²) >= 11 is 0. The summed E-state index contributed by atoms with van der Waals surface area (Å²) in [6.45, 7) is 1.94. The van der Waals surface area contributed by atoms with Crippen molar-refractivity contribution in [3.05, 3.63) is 48.3 Å². The van der Waals surface area contributed by atoms with Gasteiger partial charge in [0.2, 0.25) is 5.95 Å². The number of aromatic nitrogens is 2. The molecule has 0 aliphatic carbocycles. The van der Waals surface area contributed by atoms with Crippen LogP contribution in [0.5, 0.6) is 5.75 Å². The Labute approximate surface area is 140 Å². The molecule has 1 aliphatic heterocycles. The van der Waals surface area contributed by atoms with Crippen molar-refractivity contribution < 1.29 is 14.6 Å². The smallest absolute Gasteiger partial charge is 0.404 e. The third-order valence-corrected chi connectivity index (χ3v) is 3.97. The maximum Gasteiger partial charge on any atom is 0.404 e. The molecule has 0 saturated carbocycles. The molecule has 0 radical (unpaired) electrons. The Kier molecular flexibility index (Phi) is 5.10. The summed E-state index contributed by atoms with van der Waals surface area (Å²) in [4.78, 5) is 21.4. The van der Waals surface area contributed by atoms with E-state index in [9.17, 15) is 4.79 Å². The molecule has 1 amide bonds. The predicted molar refractivity (Wildman–Crippen MR) is 89.2 cm³/mol. The molecule has 1 aliphatic rings. The van der Waals surface area contributed by atoms with E-state index >= 15 is 0 Å². The molecule has 126 valence electrons. The standard InChI is InChI=1S/C17H20N4O3/c22-17(23)20-14-6-8-21(9-7-14)16-18-10-15(11-19-16)24-12-13-4-2-1-3-5-13/h1-5,10-11,14,20H,6-9,12H2,(H,22,23). The van der Waals surface area contributed by atoms with Crippen LogP contribution in [0.4, 0.5) is 10.7 Å². The zero-order valence-electron chi connectivity index (χ0n) is 13.3. The number of hydrogen-bond acceptors (Lipinski definition) is 5. The molecule has 0 atom stereocenters. The first kappa shape index (κ1) is 16.0. The number of benzene rings is 1. The SMILES string of the molecule is O=C(O)NC1CCN(c2ncc(OCc3ccccc3)cn2)CC1. The van der Waals surface area contributed by atoms with Crippen molar-refractivity contribution >= 4 is 12.0 Å². The average Bonchev–Trinajstić information content (AvgIpc) is 2.62. The van der Waals surface area contributed by atoms with Crippen LogP contribution in [0.25, 0.3) is 0 Å². The number of amides is 1. The van der Waals surface area contributed by atoms with Crippen LogP contribution in [0.3, 0.4) is 0 Å². The van der Waals surface area contributed by atoms with Gasteiger partial charge in [0.15, 0.2) is 5.75 Å². The summed E-state index contributed by atoms with van der Waals surface area (Å²) in [7, 11) is 0. The van der Waals surface area contributed by atoms with Gasteiger partial charge < -0.3 is 20.1 Å². The zero-order valence-corrected chi connectivity index (χ0v) is 13.3. The molecule has 1 saturated heterocycles. The van der Waals surface area contributed by atoms with Crippen molar-refractivity contribution in [2.24, 2.45) is 0 Å². The van der Waals surface area contributed by atoms with E-state index in [0.29, 0.717) is 18.3 Å². The van der Waals surface area contributed by atoms with Crippen LogP contribution in [0.1, 0.15) is 18.4 Å². The first-order valence-corrected chi connectivity index (χ1v) is 7.94. The average molecular weight is 328 g/mol. The molecule has 7 heteroatoms. The van der Waals surface area contributed by atoms with Crippen molar-refractivity contribution in [1.29, 1.82) is 0 Å². The second-order valence-electron chi connectivity index (χ2n) is 5.70. The van der Waals surface area contributed by atoms with Crippen LogP contribution in [0, 0.1) is 0 Å². The molecular weight excluding hydrogens is 308 g/mol. The van der Waals surface area contributed by atoms with Crippen LogP contribution in [0.2, 0.25) is 0 Å². The Hall–Kier alpha value is -2.83. The van der Waals surface area contributed by atoms with Crippen molar-refractivity contribution in [3.8, 4) is 5.75 Å². The quantitative estimate of drug-likeness (QED) is 0.875. The van der Waals surface area contributed by atoms with Gasteiger partial charge in [0, 0.05) is 19.1 Å². The van der Waals surface area contributed by atoms with Gasteiger partial charge in [0.05, 0.1) is 12.4 Å². The van der Waals surface area contributed by atoms with Crippen LogP contribution >= 0.6 is 0 Å². The van der Waals surface area contributed by atoms with Gasteiger partial charge in [-0.3, -0.25) is 0 Å². The highest BCUT2D eigenvalue weighted by molar-refractivity contribution is 5.64. The molecular formula is C17H20N4O3. The van der Waals surface area contributed by atoms with Crippen LogP contribution in [-0.4, -0.2) is 40.3 Å². The third-order valence-electron chi connectivity index (χ3n) is 3.97. The van der Waals surface area contributed by atoms with E-state index in [1.165, 1.54) is 0 Å².